The number of nitrogens with one attached hydrogen (secondary N) is 5. The number of aromatic amines is 2. The lowest BCUT2D eigenvalue weighted by Gasteiger charge is -2.26. The van der Waals surface area contributed by atoms with E-state index in [-0.39, 0.29) is 34.7 Å². The SMILES string of the molecule is C[C@H](N)CCCc1cc(SC(F)(F)F)cc(-c2cc3c([nH]2)=NC(O)N(c2ccc(C(NCCCNC(=N)N)c4nnn[nH]4)cc2)C=3)c1. The van der Waals surface area contributed by atoms with Crippen molar-refractivity contribution in [1.82, 2.24) is 36.2 Å². The molecule has 0 spiro atoms. The molecule has 0 saturated heterocycles. The maximum absolute atomic E-state index is 13.3. The van der Waals surface area contributed by atoms with E-state index in [0.717, 1.165) is 24.0 Å². The molecule has 4 aromatic rings. The Morgan fingerprint density at radius 1 is 1.15 bits per heavy atom. The van der Waals surface area contributed by atoms with Gasteiger partial charge in [-0.25, -0.2) is 10.1 Å². The summed E-state index contributed by atoms with van der Waals surface area (Å²) >= 11 is -0.145. The van der Waals surface area contributed by atoms with Crippen LogP contribution >= 0.6 is 11.8 Å². The van der Waals surface area contributed by atoms with Crippen LogP contribution in [0.5, 0.6) is 0 Å². The lowest BCUT2D eigenvalue weighted by atomic mass is 10.0. The number of hydrogen-bond acceptors (Lipinski definition) is 10. The lowest BCUT2D eigenvalue weighted by molar-refractivity contribution is -0.0328. The summed E-state index contributed by atoms with van der Waals surface area (Å²) in [6.45, 7) is 3.03. The molecule has 0 aliphatic carbocycles. The predicted molar refractivity (Wildman–Crippen MR) is 173 cm³/mol. The zero-order valence-electron chi connectivity index (χ0n) is 25.6. The maximum atomic E-state index is 13.3. The van der Waals surface area contributed by atoms with Gasteiger partial charge in [0.15, 0.2) is 11.8 Å². The molecule has 47 heavy (non-hydrogen) atoms. The summed E-state index contributed by atoms with van der Waals surface area (Å²) < 4.78 is 39.9. The number of anilines is 1. The third kappa shape index (κ3) is 9.31. The second-order valence-corrected chi connectivity index (χ2v) is 12.4. The van der Waals surface area contributed by atoms with Crippen LogP contribution in [0, 0.1) is 5.41 Å². The smallest absolute Gasteiger partial charge is 0.370 e. The van der Waals surface area contributed by atoms with Crippen LogP contribution in [-0.4, -0.2) is 67.7 Å². The number of thioether (sulfide) groups is 1. The molecule has 250 valence electrons. The highest BCUT2D eigenvalue weighted by atomic mass is 32.2. The van der Waals surface area contributed by atoms with Crippen LogP contribution in [0.1, 0.15) is 49.2 Å². The number of aryl methyl sites for hydroxylation is 1. The molecule has 0 fully saturated rings. The molecule has 1 aliphatic rings. The van der Waals surface area contributed by atoms with Crippen molar-refractivity contribution in [2.45, 2.75) is 61.4 Å². The first-order valence-electron chi connectivity index (χ1n) is 15.0. The fourth-order valence-electron chi connectivity index (χ4n) is 5.26. The molecule has 2 aromatic heterocycles. The summed E-state index contributed by atoms with van der Waals surface area (Å²) in [7, 11) is 0. The number of aromatic nitrogens is 5. The van der Waals surface area contributed by atoms with Crippen LogP contribution in [0.15, 0.2) is 58.4 Å². The molecule has 13 nitrogen and oxygen atoms in total. The van der Waals surface area contributed by atoms with E-state index in [0.29, 0.717) is 59.4 Å². The number of aliphatic hydroxyl groups is 1. The third-order valence-electron chi connectivity index (χ3n) is 7.41. The van der Waals surface area contributed by atoms with Gasteiger partial charge in [-0.3, -0.25) is 5.41 Å². The molecule has 17 heteroatoms. The molecular weight excluding hydrogens is 633 g/mol. The van der Waals surface area contributed by atoms with Crippen molar-refractivity contribution in [3.05, 3.63) is 76.2 Å². The summed E-state index contributed by atoms with van der Waals surface area (Å²) in [5.74, 6) is 0.436. The molecule has 3 heterocycles. The number of H-pyrrole nitrogens is 2. The largest absolute Gasteiger partial charge is 0.446 e. The molecule has 3 atom stereocenters. The van der Waals surface area contributed by atoms with Gasteiger partial charge < -0.3 is 37.1 Å². The number of benzene rings is 2. The Balaban J connectivity index is 1.37. The molecule has 0 amide bonds. The summed E-state index contributed by atoms with van der Waals surface area (Å²) in [5, 5.41) is 39.3. The first-order chi connectivity index (χ1) is 22.4. The van der Waals surface area contributed by atoms with Crippen LogP contribution in [0.2, 0.25) is 0 Å². The van der Waals surface area contributed by atoms with Crippen LogP contribution in [-0.2, 0) is 6.42 Å². The predicted octanol–water partition coefficient (Wildman–Crippen LogP) is 2.18. The highest BCUT2D eigenvalue weighted by Gasteiger charge is 2.30. The molecule has 0 bridgehead atoms. The van der Waals surface area contributed by atoms with Crippen LogP contribution in [0.4, 0.5) is 18.9 Å². The van der Waals surface area contributed by atoms with Gasteiger partial charge in [0, 0.05) is 40.3 Å². The first-order valence-corrected chi connectivity index (χ1v) is 15.8. The fraction of sp³-hybridized carbons (Fsp3) is 0.367. The van der Waals surface area contributed by atoms with Crippen molar-refractivity contribution in [2.75, 3.05) is 18.0 Å². The van der Waals surface area contributed by atoms with E-state index < -0.39 is 11.9 Å². The summed E-state index contributed by atoms with van der Waals surface area (Å²) in [4.78, 5) is 9.28. The molecule has 2 aromatic carbocycles. The molecule has 10 N–H and O–H groups in total. The Hall–Kier alpha value is -4.45. The molecule has 5 rings (SSSR count). The average Bonchev–Trinajstić information content (AvgIpc) is 3.68. The number of hydrogen-bond donors (Lipinski definition) is 8. The van der Waals surface area contributed by atoms with Gasteiger partial charge in [0.05, 0.1) is 6.04 Å². The van der Waals surface area contributed by atoms with Crippen LogP contribution in [0.3, 0.4) is 0 Å². The lowest BCUT2D eigenvalue weighted by Crippen LogP contribution is -2.41. The molecule has 2 unspecified atom stereocenters. The van der Waals surface area contributed by atoms with Crippen LogP contribution < -0.4 is 37.7 Å². The number of nitrogens with two attached hydrogens (primary N) is 2. The van der Waals surface area contributed by atoms with Crippen molar-refractivity contribution in [2.24, 2.45) is 16.5 Å². The van der Waals surface area contributed by atoms with Crippen molar-refractivity contribution in [1.29, 1.82) is 5.41 Å². The van der Waals surface area contributed by atoms with E-state index in [4.69, 9.17) is 16.9 Å². The minimum Gasteiger partial charge on any atom is -0.370 e. The number of alkyl halides is 3. The van der Waals surface area contributed by atoms with E-state index in [2.05, 4.69) is 41.2 Å². The van der Waals surface area contributed by atoms with Gasteiger partial charge in [0.2, 0.25) is 6.35 Å². The van der Waals surface area contributed by atoms with Gasteiger partial charge in [0.25, 0.3) is 0 Å². The van der Waals surface area contributed by atoms with E-state index in [1.54, 1.807) is 17.2 Å². The van der Waals surface area contributed by atoms with Gasteiger partial charge in [-0.2, -0.15) is 13.2 Å². The molecule has 1 aliphatic heterocycles. The second-order valence-electron chi connectivity index (χ2n) is 11.2. The topological polar surface area (TPSA) is 206 Å². The highest BCUT2D eigenvalue weighted by molar-refractivity contribution is 8.00. The molecule has 0 radical (unpaired) electrons. The number of aliphatic hydroxyl groups excluding tert-OH is 1. The minimum absolute atomic E-state index is 0.0101. The van der Waals surface area contributed by atoms with E-state index in [1.807, 2.05) is 43.3 Å². The number of rotatable bonds is 14. The Labute approximate surface area is 272 Å². The van der Waals surface area contributed by atoms with Gasteiger partial charge in [-0.1, -0.05) is 12.1 Å². The van der Waals surface area contributed by atoms with E-state index in [1.165, 1.54) is 6.07 Å². The van der Waals surface area contributed by atoms with Gasteiger partial charge >= 0.3 is 5.51 Å². The third-order valence-corrected chi connectivity index (χ3v) is 8.11. The van der Waals surface area contributed by atoms with Crippen molar-refractivity contribution in [3.63, 3.8) is 0 Å². The summed E-state index contributed by atoms with van der Waals surface area (Å²) in [5.41, 5.74) is 10.7. The minimum atomic E-state index is -4.42. The standard InChI is InChI=1S/C30H37F3N12OS/c1-17(34)4-2-5-18-12-20(14-23(13-18)47-30(31,32)33)24-15-21-16-45(29(46)40-26(21)39-24)22-8-6-19(7-9-22)25(27-41-43-44-42-27)37-10-3-11-38-28(35)36/h6-9,12-17,25,29,37,46H,2-5,10-11,34H2,1H3,(H,39,40)(H4,35,36,38)(H,41,42,43,44)/t17-,25?,29?/m0/s1. The zero-order valence-corrected chi connectivity index (χ0v) is 26.4. The Morgan fingerprint density at radius 2 is 1.94 bits per heavy atom. The summed E-state index contributed by atoms with van der Waals surface area (Å²) in [6.07, 6.45) is 3.33. The fourth-order valence-corrected chi connectivity index (χ4v) is 5.93. The van der Waals surface area contributed by atoms with Crippen molar-refractivity contribution < 1.29 is 18.3 Å². The Morgan fingerprint density at radius 3 is 2.62 bits per heavy atom. The Bertz CT molecular complexity index is 1760. The second kappa shape index (κ2) is 15.0. The number of halogens is 3. The van der Waals surface area contributed by atoms with E-state index >= 15 is 0 Å². The highest BCUT2D eigenvalue weighted by Crippen LogP contribution is 2.39. The zero-order chi connectivity index (χ0) is 33.6. The van der Waals surface area contributed by atoms with Gasteiger partial charge in [-0.15, -0.1) is 5.10 Å². The first kappa shape index (κ1) is 33.9. The van der Waals surface area contributed by atoms with E-state index in [9.17, 15) is 18.3 Å². The normalized spacial score (nSPS) is 15.8. The number of fused-ring (bicyclic) bond motifs is 1. The quantitative estimate of drug-likeness (QED) is 0.0425. The summed E-state index contributed by atoms with van der Waals surface area (Å²) in [6, 6.07) is 13.9. The van der Waals surface area contributed by atoms with Crippen molar-refractivity contribution >= 4 is 29.6 Å². The molecule has 0 saturated carbocycles. The number of nitrogens with zero attached hydrogens (tertiary/aromatic N) is 5. The number of guanidine groups is 1. The van der Waals surface area contributed by atoms with Gasteiger partial charge in [0.1, 0.15) is 5.49 Å². The average molecular weight is 671 g/mol. The monoisotopic (exact) mass is 670 g/mol. The van der Waals surface area contributed by atoms with Crippen LogP contribution in [0.25, 0.3) is 17.5 Å². The van der Waals surface area contributed by atoms with Gasteiger partial charge in [-0.05, 0) is 114 Å². The van der Waals surface area contributed by atoms with Crippen molar-refractivity contribution in [3.8, 4) is 11.3 Å². The molecular formula is C30H37F3N12OS. The number of tetrazole rings is 1. The maximum Gasteiger partial charge on any atom is 0.446 e. The Kier molecular flexibility index (Phi) is 10.8.